The van der Waals surface area contributed by atoms with Crippen LogP contribution in [0.15, 0.2) is 28.2 Å². The zero-order valence-corrected chi connectivity index (χ0v) is 12.2. The number of carbonyl (C=O) groups is 1. The molecule has 3 rings (SSSR count). The molecule has 3 heterocycles. The van der Waals surface area contributed by atoms with Gasteiger partial charge < -0.3 is 14.3 Å². The van der Waals surface area contributed by atoms with Crippen LogP contribution in [0.3, 0.4) is 0 Å². The highest BCUT2D eigenvalue weighted by atomic mass is 32.1. The Kier molecular flexibility index (Phi) is 4.33. The summed E-state index contributed by atoms with van der Waals surface area (Å²) in [4.78, 5) is 17.6. The first-order chi connectivity index (χ1) is 10.2. The number of nitrogens with zero attached hydrogens (tertiary/aromatic N) is 2. The Balaban J connectivity index is 1.68. The zero-order chi connectivity index (χ0) is 14.7. The topological polar surface area (TPSA) is 75.8 Å². The van der Waals surface area contributed by atoms with E-state index >= 15 is 0 Å². The molecule has 6 nitrogen and oxygen atoms in total. The fourth-order valence-corrected chi connectivity index (χ4v) is 3.17. The van der Waals surface area contributed by atoms with Crippen molar-refractivity contribution in [2.75, 3.05) is 19.8 Å². The number of hydrogen-bond donors (Lipinski definition) is 1. The summed E-state index contributed by atoms with van der Waals surface area (Å²) in [6.07, 6.45) is 1.72. The monoisotopic (exact) mass is 308 g/mol. The normalized spacial score (nSPS) is 19.7. The molecule has 7 heteroatoms. The van der Waals surface area contributed by atoms with Crippen LogP contribution in [-0.4, -0.2) is 46.8 Å². The van der Waals surface area contributed by atoms with Crippen molar-refractivity contribution in [3.63, 3.8) is 0 Å². The Labute approximate surface area is 126 Å². The molecule has 1 aliphatic rings. The summed E-state index contributed by atoms with van der Waals surface area (Å²) >= 11 is 1.53. The third-order valence-electron chi connectivity index (χ3n) is 3.41. The van der Waals surface area contributed by atoms with Crippen LogP contribution >= 0.6 is 11.3 Å². The van der Waals surface area contributed by atoms with Gasteiger partial charge in [0.2, 0.25) is 0 Å². The van der Waals surface area contributed by atoms with Crippen molar-refractivity contribution >= 4 is 17.3 Å². The third kappa shape index (κ3) is 3.49. The van der Waals surface area contributed by atoms with Gasteiger partial charge in [-0.2, -0.15) is 0 Å². The van der Waals surface area contributed by atoms with E-state index in [4.69, 9.17) is 14.3 Å². The largest absolute Gasteiger partial charge is 0.481 e. The molecule has 1 saturated heterocycles. The molecule has 0 bridgehead atoms. The van der Waals surface area contributed by atoms with Gasteiger partial charge in [-0.15, -0.1) is 11.3 Å². The van der Waals surface area contributed by atoms with Crippen molar-refractivity contribution in [1.29, 1.82) is 0 Å². The van der Waals surface area contributed by atoms with Crippen LogP contribution in [-0.2, 0) is 16.1 Å². The van der Waals surface area contributed by atoms with Crippen molar-refractivity contribution < 1.29 is 19.1 Å². The van der Waals surface area contributed by atoms with Crippen LogP contribution in [0.25, 0.3) is 10.8 Å². The van der Waals surface area contributed by atoms with Crippen LogP contribution in [0.1, 0.15) is 12.1 Å². The van der Waals surface area contributed by atoms with Crippen LogP contribution in [0, 0.1) is 0 Å². The van der Waals surface area contributed by atoms with E-state index in [1.807, 2.05) is 17.5 Å². The molecule has 1 N–H and O–H groups in total. The van der Waals surface area contributed by atoms with E-state index in [1.165, 1.54) is 11.3 Å². The average Bonchev–Trinajstić information content (AvgIpc) is 3.11. The van der Waals surface area contributed by atoms with E-state index in [0.717, 1.165) is 23.0 Å². The minimum atomic E-state index is -0.801. The van der Waals surface area contributed by atoms with Crippen molar-refractivity contribution in [2.45, 2.75) is 19.0 Å². The number of aliphatic carboxylic acids is 1. The molecule has 21 heavy (non-hydrogen) atoms. The van der Waals surface area contributed by atoms with Crippen molar-refractivity contribution in [3.8, 4) is 10.8 Å². The van der Waals surface area contributed by atoms with Crippen LogP contribution in [0.5, 0.6) is 0 Å². The number of aromatic nitrogens is 1. The molecular formula is C14H16N2O4S. The first-order valence-electron chi connectivity index (χ1n) is 6.74. The van der Waals surface area contributed by atoms with Crippen LogP contribution in [0.2, 0.25) is 0 Å². The minimum Gasteiger partial charge on any atom is -0.481 e. The molecule has 1 unspecified atom stereocenters. The van der Waals surface area contributed by atoms with E-state index in [2.05, 4.69) is 9.88 Å². The lowest BCUT2D eigenvalue weighted by Crippen LogP contribution is -2.45. The number of ether oxygens (including phenoxy) is 1. The van der Waals surface area contributed by atoms with Crippen molar-refractivity contribution in [3.05, 3.63) is 29.5 Å². The standard InChI is InChI=1S/C14H16N2O4S/c17-13(18)6-11-8-19-5-3-16(11)7-10-9-21-14(15-10)12-2-1-4-20-12/h1-2,4,9,11H,3,5-8H2,(H,17,18). The van der Waals surface area contributed by atoms with Gasteiger partial charge in [-0.3, -0.25) is 9.69 Å². The summed E-state index contributed by atoms with van der Waals surface area (Å²) in [7, 11) is 0. The van der Waals surface area contributed by atoms with E-state index in [-0.39, 0.29) is 12.5 Å². The van der Waals surface area contributed by atoms with Gasteiger partial charge in [0.25, 0.3) is 0 Å². The minimum absolute atomic E-state index is 0.0924. The summed E-state index contributed by atoms with van der Waals surface area (Å²) in [5, 5.41) is 11.8. The summed E-state index contributed by atoms with van der Waals surface area (Å²) in [6, 6.07) is 3.62. The molecule has 0 saturated carbocycles. The van der Waals surface area contributed by atoms with Gasteiger partial charge in [-0.25, -0.2) is 4.98 Å². The number of thiazole rings is 1. The molecule has 1 fully saturated rings. The second-order valence-electron chi connectivity index (χ2n) is 4.92. The zero-order valence-electron chi connectivity index (χ0n) is 11.4. The molecule has 0 spiro atoms. The number of carboxylic acids is 1. The van der Waals surface area contributed by atoms with Gasteiger partial charge >= 0.3 is 5.97 Å². The Bertz CT molecular complexity index is 596. The van der Waals surface area contributed by atoms with Gasteiger partial charge in [0.05, 0.1) is 31.6 Å². The first kappa shape index (κ1) is 14.2. The quantitative estimate of drug-likeness (QED) is 0.911. The summed E-state index contributed by atoms with van der Waals surface area (Å²) in [5.74, 6) is -0.0413. The maximum absolute atomic E-state index is 10.9. The highest BCUT2D eigenvalue weighted by Gasteiger charge is 2.26. The Hall–Kier alpha value is -1.70. The van der Waals surface area contributed by atoms with Gasteiger partial charge in [0.1, 0.15) is 0 Å². The van der Waals surface area contributed by atoms with Gasteiger partial charge in [-0.1, -0.05) is 0 Å². The van der Waals surface area contributed by atoms with Crippen LogP contribution in [0.4, 0.5) is 0 Å². The van der Waals surface area contributed by atoms with E-state index in [1.54, 1.807) is 6.26 Å². The van der Waals surface area contributed by atoms with Gasteiger partial charge in [0.15, 0.2) is 10.8 Å². The average molecular weight is 308 g/mol. The number of morpholine rings is 1. The fraction of sp³-hybridized carbons (Fsp3) is 0.429. The molecule has 0 radical (unpaired) electrons. The first-order valence-corrected chi connectivity index (χ1v) is 7.62. The molecule has 1 aliphatic heterocycles. The maximum Gasteiger partial charge on any atom is 0.305 e. The number of hydrogen-bond acceptors (Lipinski definition) is 6. The van der Waals surface area contributed by atoms with Crippen molar-refractivity contribution in [2.24, 2.45) is 0 Å². The lowest BCUT2D eigenvalue weighted by Gasteiger charge is -2.34. The summed E-state index contributed by atoms with van der Waals surface area (Å²) < 4.78 is 10.7. The number of carboxylic acid groups (broad SMARTS) is 1. The molecule has 0 amide bonds. The molecule has 1 atom stereocenters. The lowest BCUT2D eigenvalue weighted by molar-refractivity contribution is -0.140. The molecule has 112 valence electrons. The Morgan fingerprint density at radius 2 is 2.48 bits per heavy atom. The summed E-state index contributed by atoms with van der Waals surface area (Å²) in [5.41, 5.74) is 0.934. The SMILES string of the molecule is O=C(O)CC1COCCN1Cc1csc(-c2ccco2)n1. The third-order valence-corrected chi connectivity index (χ3v) is 4.31. The number of furan rings is 1. The highest BCUT2D eigenvalue weighted by Crippen LogP contribution is 2.25. The fourth-order valence-electron chi connectivity index (χ4n) is 2.39. The predicted molar refractivity (Wildman–Crippen MR) is 77.1 cm³/mol. The van der Waals surface area contributed by atoms with E-state index in [9.17, 15) is 4.79 Å². The maximum atomic E-state index is 10.9. The smallest absolute Gasteiger partial charge is 0.305 e. The summed E-state index contributed by atoms with van der Waals surface area (Å²) in [6.45, 7) is 2.46. The molecular weight excluding hydrogens is 292 g/mol. The Morgan fingerprint density at radius 1 is 1.57 bits per heavy atom. The van der Waals surface area contributed by atoms with Gasteiger partial charge in [0, 0.05) is 24.5 Å². The number of rotatable bonds is 5. The highest BCUT2D eigenvalue weighted by molar-refractivity contribution is 7.13. The molecule has 0 aromatic carbocycles. The van der Waals surface area contributed by atoms with Crippen molar-refractivity contribution in [1.82, 2.24) is 9.88 Å². The Morgan fingerprint density at radius 3 is 3.24 bits per heavy atom. The molecule has 2 aromatic rings. The van der Waals surface area contributed by atoms with E-state index in [0.29, 0.717) is 19.8 Å². The molecule has 2 aromatic heterocycles. The van der Waals surface area contributed by atoms with Crippen LogP contribution < -0.4 is 0 Å². The predicted octanol–water partition coefficient (Wildman–Crippen LogP) is 2.08. The van der Waals surface area contributed by atoms with E-state index < -0.39 is 5.97 Å². The van der Waals surface area contributed by atoms with Gasteiger partial charge in [-0.05, 0) is 12.1 Å². The molecule has 0 aliphatic carbocycles. The lowest BCUT2D eigenvalue weighted by atomic mass is 10.1. The second kappa shape index (κ2) is 6.38. The second-order valence-corrected chi connectivity index (χ2v) is 5.78.